The molecule has 2 N–H and O–H groups in total. The highest BCUT2D eigenvalue weighted by Crippen LogP contribution is 2.30. The molecule has 3 heterocycles. The molecule has 0 spiro atoms. The van der Waals surface area contributed by atoms with E-state index in [1.165, 1.54) is 23.6 Å². The third-order valence-corrected chi connectivity index (χ3v) is 4.77. The van der Waals surface area contributed by atoms with Crippen LogP contribution in [0.3, 0.4) is 0 Å². The minimum absolute atomic E-state index is 0.114. The number of halogens is 1. The second-order valence-electron chi connectivity index (χ2n) is 6.57. The number of anilines is 1. The van der Waals surface area contributed by atoms with Gasteiger partial charge < -0.3 is 15.0 Å². The number of nitrogens with zero attached hydrogens (tertiary/aromatic N) is 4. The van der Waals surface area contributed by atoms with E-state index in [1.807, 2.05) is 0 Å². The van der Waals surface area contributed by atoms with Crippen molar-refractivity contribution in [2.24, 2.45) is 11.7 Å². The van der Waals surface area contributed by atoms with Gasteiger partial charge in [0.05, 0.1) is 18.2 Å². The molecular formula is C19H16FN5O4. The number of benzene rings is 1. The van der Waals surface area contributed by atoms with E-state index in [4.69, 9.17) is 10.5 Å². The topological polar surface area (TPSA) is 124 Å². The summed E-state index contributed by atoms with van der Waals surface area (Å²) < 4.78 is 24.6. The minimum atomic E-state index is -0.676. The van der Waals surface area contributed by atoms with E-state index in [-0.39, 0.29) is 6.54 Å². The number of pyridine rings is 1. The van der Waals surface area contributed by atoms with Crippen LogP contribution in [0.1, 0.15) is 6.92 Å². The van der Waals surface area contributed by atoms with Crippen molar-refractivity contribution in [1.29, 1.82) is 0 Å². The second kappa shape index (κ2) is 7.30. The molecule has 0 radical (unpaired) electrons. The van der Waals surface area contributed by atoms with Crippen LogP contribution < -0.4 is 10.6 Å². The molecule has 10 heteroatoms. The predicted octanol–water partition coefficient (Wildman–Crippen LogP) is 2.38. The van der Waals surface area contributed by atoms with Gasteiger partial charge in [0.15, 0.2) is 0 Å². The standard InChI is InChI=1S/C19H16FN5O4/c1-10(17(21)26)16-8-25(19(27)29-16)12-3-4-13(14(20)6-12)11-2-5-15(22-7-11)18-23-9-28-24-18/h2-7,9-10,16H,8H2,1H3,(H2,21,26). The molecule has 2 atom stereocenters. The van der Waals surface area contributed by atoms with Crippen LogP contribution in [0.25, 0.3) is 22.6 Å². The number of aromatic nitrogens is 3. The van der Waals surface area contributed by atoms with Crippen molar-refractivity contribution in [2.45, 2.75) is 13.0 Å². The van der Waals surface area contributed by atoms with Crippen LogP contribution in [0.15, 0.2) is 47.4 Å². The fourth-order valence-corrected chi connectivity index (χ4v) is 3.01. The largest absolute Gasteiger partial charge is 0.443 e. The molecule has 2 amide bonds. The number of amides is 2. The summed E-state index contributed by atoms with van der Waals surface area (Å²) in [5.41, 5.74) is 6.95. The summed E-state index contributed by atoms with van der Waals surface area (Å²) in [6.07, 6.45) is 1.37. The average Bonchev–Trinajstić information content (AvgIpc) is 3.37. The highest BCUT2D eigenvalue weighted by molar-refractivity contribution is 5.91. The molecule has 2 aromatic heterocycles. The van der Waals surface area contributed by atoms with Gasteiger partial charge in [-0.15, -0.1) is 0 Å². The minimum Gasteiger partial charge on any atom is -0.443 e. The highest BCUT2D eigenvalue weighted by Gasteiger charge is 2.37. The number of rotatable bonds is 5. The first-order chi connectivity index (χ1) is 13.9. The molecule has 1 fully saturated rings. The lowest BCUT2D eigenvalue weighted by atomic mass is 10.0. The Morgan fingerprint density at radius 3 is 2.76 bits per heavy atom. The maximum absolute atomic E-state index is 14.8. The molecule has 1 aliphatic heterocycles. The van der Waals surface area contributed by atoms with Crippen LogP contribution in [0, 0.1) is 11.7 Å². The van der Waals surface area contributed by atoms with Gasteiger partial charge in [-0.3, -0.25) is 14.7 Å². The number of carbonyl (C=O) groups is 2. The third kappa shape index (κ3) is 3.51. The fourth-order valence-electron chi connectivity index (χ4n) is 3.01. The van der Waals surface area contributed by atoms with Crippen molar-refractivity contribution in [1.82, 2.24) is 15.1 Å². The number of hydrogen-bond acceptors (Lipinski definition) is 7. The van der Waals surface area contributed by atoms with Crippen LogP contribution in [0.2, 0.25) is 0 Å². The zero-order valence-corrected chi connectivity index (χ0v) is 15.3. The van der Waals surface area contributed by atoms with E-state index in [9.17, 15) is 14.0 Å². The molecule has 0 bridgehead atoms. The second-order valence-corrected chi connectivity index (χ2v) is 6.57. The summed E-state index contributed by atoms with van der Waals surface area (Å²) >= 11 is 0. The zero-order valence-electron chi connectivity index (χ0n) is 15.3. The number of nitrogens with two attached hydrogens (primary N) is 1. The van der Waals surface area contributed by atoms with Gasteiger partial charge in [0, 0.05) is 17.3 Å². The van der Waals surface area contributed by atoms with Crippen LogP contribution in [0.5, 0.6) is 0 Å². The number of primary amides is 1. The van der Waals surface area contributed by atoms with Crippen LogP contribution in [-0.2, 0) is 9.53 Å². The van der Waals surface area contributed by atoms with E-state index < -0.39 is 29.8 Å². The maximum Gasteiger partial charge on any atom is 0.414 e. The normalized spacial score (nSPS) is 17.2. The number of carbonyl (C=O) groups excluding carboxylic acids is 2. The summed E-state index contributed by atoms with van der Waals surface area (Å²) in [4.78, 5) is 32.8. The maximum atomic E-state index is 14.8. The van der Waals surface area contributed by atoms with Crippen LogP contribution >= 0.6 is 0 Å². The summed E-state index contributed by atoms with van der Waals surface area (Å²) in [6, 6.07) is 7.73. The van der Waals surface area contributed by atoms with Crippen molar-refractivity contribution in [3.8, 4) is 22.6 Å². The van der Waals surface area contributed by atoms with E-state index in [0.29, 0.717) is 28.3 Å². The molecule has 0 aliphatic carbocycles. The molecule has 1 saturated heterocycles. The van der Waals surface area contributed by atoms with E-state index >= 15 is 0 Å². The van der Waals surface area contributed by atoms with Gasteiger partial charge in [0.25, 0.3) is 0 Å². The number of ether oxygens (including phenoxy) is 1. The summed E-state index contributed by atoms with van der Waals surface area (Å²) in [5.74, 6) is -1.41. The summed E-state index contributed by atoms with van der Waals surface area (Å²) in [7, 11) is 0. The van der Waals surface area contributed by atoms with Crippen molar-refractivity contribution >= 4 is 17.7 Å². The van der Waals surface area contributed by atoms with Crippen molar-refractivity contribution in [3.05, 3.63) is 48.7 Å². The number of hydrogen-bond donors (Lipinski definition) is 1. The van der Waals surface area contributed by atoms with Gasteiger partial charge in [0.1, 0.15) is 17.6 Å². The fraction of sp³-hybridized carbons (Fsp3) is 0.211. The van der Waals surface area contributed by atoms with Crippen molar-refractivity contribution in [2.75, 3.05) is 11.4 Å². The molecule has 29 heavy (non-hydrogen) atoms. The molecule has 2 unspecified atom stereocenters. The zero-order chi connectivity index (χ0) is 20.5. The van der Waals surface area contributed by atoms with Gasteiger partial charge >= 0.3 is 6.09 Å². The van der Waals surface area contributed by atoms with Crippen molar-refractivity contribution < 1.29 is 23.2 Å². The first kappa shape index (κ1) is 18.5. The molecule has 9 nitrogen and oxygen atoms in total. The molecule has 3 aromatic rings. The Morgan fingerprint density at radius 2 is 2.14 bits per heavy atom. The highest BCUT2D eigenvalue weighted by atomic mass is 19.1. The average molecular weight is 397 g/mol. The predicted molar refractivity (Wildman–Crippen MR) is 98.9 cm³/mol. The van der Waals surface area contributed by atoms with Gasteiger partial charge in [-0.05, 0) is 31.2 Å². The Morgan fingerprint density at radius 1 is 1.31 bits per heavy atom. The van der Waals surface area contributed by atoms with E-state index in [1.54, 1.807) is 31.2 Å². The SMILES string of the molecule is CC(C(N)=O)C1CN(c2ccc(-c3ccc(-c4ncon4)nc3)c(F)c2)C(=O)O1. The summed E-state index contributed by atoms with van der Waals surface area (Å²) in [6.45, 7) is 1.70. The molecule has 148 valence electrons. The first-order valence-electron chi connectivity index (χ1n) is 8.74. The Balaban J connectivity index is 1.55. The van der Waals surface area contributed by atoms with Gasteiger partial charge in [-0.1, -0.05) is 11.2 Å². The molecule has 1 aromatic carbocycles. The Bertz CT molecular complexity index is 1050. The Kier molecular flexibility index (Phi) is 4.67. The first-order valence-corrected chi connectivity index (χ1v) is 8.74. The lowest BCUT2D eigenvalue weighted by molar-refractivity contribution is -0.123. The smallest absolute Gasteiger partial charge is 0.414 e. The molecular weight excluding hydrogens is 381 g/mol. The lowest BCUT2D eigenvalue weighted by Crippen LogP contribution is -2.34. The van der Waals surface area contributed by atoms with Crippen LogP contribution in [-0.4, -0.2) is 39.8 Å². The molecule has 4 rings (SSSR count). The Labute approximate surface area is 164 Å². The number of cyclic esters (lactones) is 1. The quantitative estimate of drug-likeness (QED) is 0.701. The third-order valence-electron chi connectivity index (χ3n) is 4.77. The summed E-state index contributed by atoms with van der Waals surface area (Å²) in [5, 5.41) is 3.70. The lowest BCUT2D eigenvalue weighted by Gasteiger charge is -2.15. The van der Waals surface area contributed by atoms with Crippen molar-refractivity contribution in [3.63, 3.8) is 0 Å². The van der Waals surface area contributed by atoms with E-state index in [2.05, 4.69) is 19.6 Å². The van der Waals surface area contributed by atoms with Gasteiger partial charge in [0.2, 0.25) is 18.1 Å². The van der Waals surface area contributed by atoms with E-state index in [0.717, 1.165) is 0 Å². The van der Waals surface area contributed by atoms with Crippen LogP contribution in [0.4, 0.5) is 14.9 Å². The monoisotopic (exact) mass is 397 g/mol. The molecule has 0 saturated carbocycles. The molecule has 1 aliphatic rings. The van der Waals surface area contributed by atoms with Gasteiger partial charge in [-0.2, -0.15) is 4.98 Å². The van der Waals surface area contributed by atoms with Gasteiger partial charge in [-0.25, -0.2) is 9.18 Å². The Hall–Kier alpha value is -3.82.